The maximum atomic E-state index is 10.7. The van der Waals surface area contributed by atoms with Crippen LogP contribution in [0.25, 0.3) is 0 Å². The second kappa shape index (κ2) is 5.65. The third-order valence-corrected chi connectivity index (χ3v) is 4.11. The van der Waals surface area contributed by atoms with Gasteiger partial charge in [-0.1, -0.05) is 12.1 Å². The van der Waals surface area contributed by atoms with E-state index in [-0.39, 0.29) is 16.7 Å². The molecule has 0 bridgehead atoms. The number of nitrogens with one attached hydrogen (secondary N) is 2. The first kappa shape index (κ1) is 13.8. The van der Waals surface area contributed by atoms with Crippen molar-refractivity contribution < 1.29 is 4.92 Å². The van der Waals surface area contributed by atoms with Crippen LogP contribution in [0.3, 0.4) is 0 Å². The Hall–Kier alpha value is -2.21. The topological polar surface area (TPSA) is 83.8 Å². The van der Waals surface area contributed by atoms with Gasteiger partial charge in [0.1, 0.15) is 0 Å². The van der Waals surface area contributed by atoms with Crippen LogP contribution in [0.1, 0.15) is 36.2 Å². The number of nitro groups is 1. The summed E-state index contributed by atoms with van der Waals surface area (Å²) in [4.78, 5) is 10.3. The molecule has 6 nitrogen and oxygen atoms in total. The number of hydrogen-bond acceptors (Lipinski definition) is 4. The van der Waals surface area contributed by atoms with Gasteiger partial charge in [0.25, 0.3) is 5.69 Å². The minimum Gasteiger partial charge on any atom is -0.307 e. The number of aryl methyl sites for hydroxylation is 1. The molecule has 21 heavy (non-hydrogen) atoms. The molecule has 2 N–H and O–H groups in total. The van der Waals surface area contributed by atoms with Gasteiger partial charge in [0, 0.05) is 29.9 Å². The van der Waals surface area contributed by atoms with Gasteiger partial charge in [-0.05, 0) is 37.3 Å². The molecule has 1 aromatic heterocycles. The second-order valence-electron chi connectivity index (χ2n) is 5.55. The van der Waals surface area contributed by atoms with Crippen molar-refractivity contribution in [2.24, 2.45) is 0 Å². The fourth-order valence-electron chi connectivity index (χ4n) is 2.89. The fraction of sp³-hybridized carbons (Fsp3) is 0.400. The molecule has 1 aromatic carbocycles. The van der Waals surface area contributed by atoms with Crippen LogP contribution in [-0.2, 0) is 12.8 Å². The van der Waals surface area contributed by atoms with Crippen LogP contribution >= 0.6 is 0 Å². The SMILES string of the molecule is C[C@@H](N[C@@H]1CCc2[nH]ncc2C1)c1ccc([N+](=O)[O-])cc1. The van der Waals surface area contributed by atoms with E-state index in [1.54, 1.807) is 12.1 Å². The monoisotopic (exact) mass is 286 g/mol. The molecule has 0 radical (unpaired) electrons. The third-order valence-electron chi connectivity index (χ3n) is 4.11. The van der Waals surface area contributed by atoms with Crippen LogP contribution in [0, 0.1) is 10.1 Å². The Bertz CT molecular complexity index is 635. The molecule has 0 saturated carbocycles. The van der Waals surface area contributed by atoms with Gasteiger partial charge in [-0.3, -0.25) is 15.2 Å². The summed E-state index contributed by atoms with van der Waals surface area (Å²) in [5.41, 5.74) is 3.73. The first-order valence-electron chi connectivity index (χ1n) is 7.15. The summed E-state index contributed by atoms with van der Waals surface area (Å²) in [6.45, 7) is 2.09. The van der Waals surface area contributed by atoms with E-state index < -0.39 is 0 Å². The first-order chi connectivity index (χ1) is 10.1. The van der Waals surface area contributed by atoms with E-state index in [1.165, 1.54) is 11.3 Å². The average Bonchev–Trinajstić information content (AvgIpc) is 2.95. The maximum absolute atomic E-state index is 10.7. The van der Waals surface area contributed by atoms with Gasteiger partial charge in [0.15, 0.2) is 0 Å². The normalized spacial score (nSPS) is 19.0. The summed E-state index contributed by atoms with van der Waals surface area (Å²) in [5, 5.41) is 21.4. The van der Waals surface area contributed by atoms with E-state index in [1.807, 2.05) is 18.3 Å². The molecule has 0 aliphatic heterocycles. The average molecular weight is 286 g/mol. The molecule has 2 atom stereocenters. The molecule has 0 amide bonds. The molecule has 2 aromatic rings. The smallest absolute Gasteiger partial charge is 0.269 e. The number of benzene rings is 1. The number of rotatable bonds is 4. The van der Waals surface area contributed by atoms with Crippen LogP contribution in [-0.4, -0.2) is 21.2 Å². The van der Waals surface area contributed by atoms with Gasteiger partial charge in [-0.15, -0.1) is 0 Å². The Balaban J connectivity index is 1.64. The van der Waals surface area contributed by atoms with Crippen LogP contribution in [0.2, 0.25) is 0 Å². The lowest BCUT2D eigenvalue weighted by Gasteiger charge is -2.26. The van der Waals surface area contributed by atoms with Crippen LogP contribution in [0.4, 0.5) is 5.69 Å². The van der Waals surface area contributed by atoms with Crippen molar-refractivity contribution in [3.63, 3.8) is 0 Å². The molecule has 0 saturated heterocycles. The summed E-state index contributed by atoms with van der Waals surface area (Å²) >= 11 is 0. The lowest BCUT2D eigenvalue weighted by atomic mass is 9.92. The Morgan fingerprint density at radius 2 is 2.19 bits per heavy atom. The van der Waals surface area contributed by atoms with Crippen molar-refractivity contribution in [2.75, 3.05) is 0 Å². The van der Waals surface area contributed by atoms with Crippen molar-refractivity contribution in [3.05, 3.63) is 57.4 Å². The predicted molar refractivity (Wildman–Crippen MR) is 79.0 cm³/mol. The largest absolute Gasteiger partial charge is 0.307 e. The zero-order valence-corrected chi connectivity index (χ0v) is 11.9. The molecular formula is C15H18N4O2. The number of H-pyrrole nitrogens is 1. The van der Waals surface area contributed by atoms with Gasteiger partial charge >= 0.3 is 0 Å². The molecule has 0 spiro atoms. The summed E-state index contributed by atoms with van der Waals surface area (Å²) in [5.74, 6) is 0. The molecular weight excluding hydrogens is 268 g/mol. The molecule has 3 rings (SSSR count). The van der Waals surface area contributed by atoms with Crippen molar-refractivity contribution in [3.8, 4) is 0 Å². The van der Waals surface area contributed by atoms with Gasteiger partial charge in [0.2, 0.25) is 0 Å². The Morgan fingerprint density at radius 1 is 1.43 bits per heavy atom. The highest BCUT2D eigenvalue weighted by Gasteiger charge is 2.21. The highest BCUT2D eigenvalue weighted by molar-refractivity contribution is 5.34. The number of fused-ring (bicyclic) bond motifs is 1. The van der Waals surface area contributed by atoms with E-state index in [0.29, 0.717) is 6.04 Å². The number of nitro benzene ring substituents is 1. The van der Waals surface area contributed by atoms with E-state index in [9.17, 15) is 10.1 Å². The standard InChI is InChI=1S/C15H18N4O2/c1-10(11-2-5-14(6-3-11)19(20)21)17-13-4-7-15-12(8-13)9-16-18-15/h2-3,5-6,9-10,13,17H,4,7-8H2,1H3,(H,16,18)/t10-,13-/m1/s1. The zero-order valence-electron chi connectivity index (χ0n) is 11.9. The third kappa shape index (κ3) is 2.95. The quantitative estimate of drug-likeness (QED) is 0.668. The lowest BCUT2D eigenvalue weighted by Crippen LogP contribution is -2.36. The second-order valence-corrected chi connectivity index (χ2v) is 5.55. The van der Waals surface area contributed by atoms with Gasteiger partial charge in [-0.2, -0.15) is 5.10 Å². The van der Waals surface area contributed by atoms with Crippen LogP contribution in [0.15, 0.2) is 30.5 Å². The van der Waals surface area contributed by atoms with E-state index >= 15 is 0 Å². The van der Waals surface area contributed by atoms with Gasteiger partial charge in [-0.25, -0.2) is 0 Å². The number of aromatic nitrogens is 2. The summed E-state index contributed by atoms with van der Waals surface area (Å²) in [7, 11) is 0. The Kier molecular flexibility index (Phi) is 3.70. The molecule has 110 valence electrons. The van der Waals surface area contributed by atoms with Gasteiger partial charge < -0.3 is 5.32 Å². The number of non-ortho nitro benzene ring substituents is 1. The predicted octanol–water partition coefficient (Wildman–Crippen LogP) is 2.53. The van der Waals surface area contributed by atoms with Crippen LogP contribution < -0.4 is 5.32 Å². The number of hydrogen-bond donors (Lipinski definition) is 2. The minimum absolute atomic E-state index is 0.131. The lowest BCUT2D eigenvalue weighted by molar-refractivity contribution is -0.384. The van der Waals surface area contributed by atoms with Crippen molar-refractivity contribution in [1.29, 1.82) is 0 Å². The number of nitrogens with zero attached hydrogens (tertiary/aromatic N) is 2. The van der Waals surface area contributed by atoms with Crippen molar-refractivity contribution in [1.82, 2.24) is 15.5 Å². The first-order valence-corrected chi connectivity index (χ1v) is 7.15. The molecule has 6 heteroatoms. The summed E-state index contributed by atoms with van der Waals surface area (Å²) in [6, 6.07) is 7.35. The zero-order chi connectivity index (χ0) is 14.8. The van der Waals surface area contributed by atoms with E-state index in [0.717, 1.165) is 24.8 Å². The maximum Gasteiger partial charge on any atom is 0.269 e. The molecule has 1 aliphatic carbocycles. The van der Waals surface area contributed by atoms with E-state index in [4.69, 9.17) is 0 Å². The highest BCUT2D eigenvalue weighted by Crippen LogP contribution is 2.23. The van der Waals surface area contributed by atoms with Crippen molar-refractivity contribution >= 4 is 5.69 Å². The summed E-state index contributed by atoms with van der Waals surface area (Å²) < 4.78 is 0. The molecule has 1 aliphatic rings. The van der Waals surface area contributed by atoms with Crippen LogP contribution in [0.5, 0.6) is 0 Å². The van der Waals surface area contributed by atoms with Gasteiger partial charge in [0.05, 0.1) is 11.1 Å². The molecule has 1 heterocycles. The molecule has 0 unspecified atom stereocenters. The Morgan fingerprint density at radius 3 is 2.90 bits per heavy atom. The van der Waals surface area contributed by atoms with E-state index in [2.05, 4.69) is 22.4 Å². The summed E-state index contributed by atoms with van der Waals surface area (Å²) in [6.07, 6.45) is 4.97. The molecule has 0 fully saturated rings. The fourth-order valence-corrected chi connectivity index (χ4v) is 2.89. The number of aromatic amines is 1. The highest BCUT2D eigenvalue weighted by atomic mass is 16.6. The Labute approximate surface area is 122 Å². The minimum atomic E-state index is -0.372. The van der Waals surface area contributed by atoms with Crippen molar-refractivity contribution in [2.45, 2.75) is 38.3 Å².